The lowest BCUT2D eigenvalue weighted by Gasteiger charge is -2.07. The molecular weight excluding hydrogens is 309 g/mol. The van der Waals surface area contributed by atoms with Crippen LogP contribution in [0, 0.1) is 5.82 Å². The summed E-state index contributed by atoms with van der Waals surface area (Å²) in [6.45, 7) is 0. The van der Waals surface area contributed by atoms with Crippen LogP contribution in [0.5, 0.6) is 0 Å². The number of hydrogen-bond acceptors (Lipinski definition) is 4. The van der Waals surface area contributed by atoms with Crippen molar-refractivity contribution in [3.8, 4) is 11.5 Å². The molecule has 5 nitrogen and oxygen atoms in total. The molecule has 0 bridgehead atoms. The molecule has 2 aromatic carbocycles. The van der Waals surface area contributed by atoms with Crippen LogP contribution in [0.25, 0.3) is 11.5 Å². The Hall–Kier alpha value is -2.73. The molecule has 1 N–H and O–H groups in total. The SMILES string of the molecule is O=C(Nc1cccc(-c2nnco2)c1)c1ccc(Cl)cc1F. The number of carbonyl (C=O) groups is 1. The topological polar surface area (TPSA) is 68.0 Å². The van der Waals surface area contributed by atoms with Crippen LogP contribution in [0.4, 0.5) is 10.1 Å². The molecule has 0 aliphatic carbocycles. The predicted molar refractivity (Wildman–Crippen MR) is 79.1 cm³/mol. The number of nitrogens with zero attached hydrogens (tertiary/aromatic N) is 2. The number of nitrogens with one attached hydrogen (secondary N) is 1. The Morgan fingerprint density at radius 2 is 2.09 bits per heavy atom. The maximum atomic E-state index is 13.7. The van der Waals surface area contributed by atoms with Crippen LogP contribution in [0.3, 0.4) is 0 Å². The number of anilines is 1. The number of halogens is 2. The lowest BCUT2D eigenvalue weighted by Crippen LogP contribution is -2.13. The predicted octanol–water partition coefficient (Wildman–Crippen LogP) is 3.78. The normalized spacial score (nSPS) is 10.5. The van der Waals surface area contributed by atoms with Crippen molar-refractivity contribution in [2.75, 3.05) is 5.32 Å². The average molecular weight is 318 g/mol. The van der Waals surface area contributed by atoms with Gasteiger partial charge in [0, 0.05) is 16.3 Å². The van der Waals surface area contributed by atoms with Gasteiger partial charge in [0.2, 0.25) is 12.3 Å². The largest absolute Gasteiger partial charge is 0.423 e. The highest BCUT2D eigenvalue weighted by atomic mass is 35.5. The number of aromatic nitrogens is 2. The Kier molecular flexibility index (Phi) is 3.84. The van der Waals surface area contributed by atoms with Crippen molar-refractivity contribution in [1.82, 2.24) is 10.2 Å². The summed E-state index contributed by atoms with van der Waals surface area (Å²) in [6.07, 6.45) is 1.21. The van der Waals surface area contributed by atoms with E-state index in [2.05, 4.69) is 15.5 Å². The van der Waals surface area contributed by atoms with Crippen molar-refractivity contribution in [1.29, 1.82) is 0 Å². The first kappa shape index (κ1) is 14.2. The zero-order valence-corrected chi connectivity index (χ0v) is 11.8. The lowest BCUT2D eigenvalue weighted by atomic mass is 10.1. The van der Waals surface area contributed by atoms with E-state index in [1.165, 1.54) is 18.5 Å². The first-order valence-electron chi connectivity index (χ1n) is 6.26. The summed E-state index contributed by atoms with van der Waals surface area (Å²) < 4.78 is 18.8. The van der Waals surface area contributed by atoms with Gasteiger partial charge < -0.3 is 9.73 Å². The lowest BCUT2D eigenvalue weighted by molar-refractivity contribution is 0.102. The van der Waals surface area contributed by atoms with E-state index < -0.39 is 11.7 Å². The van der Waals surface area contributed by atoms with Gasteiger partial charge in [0.05, 0.1) is 5.56 Å². The molecule has 3 rings (SSSR count). The van der Waals surface area contributed by atoms with Crippen molar-refractivity contribution in [3.63, 3.8) is 0 Å². The molecule has 0 fully saturated rings. The van der Waals surface area contributed by atoms with Gasteiger partial charge in [-0.1, -0.05) is 17.7 Å². The Bertz CT molecular complexity index is 821. The molecule has 1 heterocycles. The summed E-state index contributed by atoms with van der Waals surface area (Å²) in [4.78, 5) is 12.1. The second-order valence-electron chi connectivity index (χ2n) is 4.40. The molecule has 0 aliphatic rings. The smallest absolute Gasteiger partial charge is 0.258 e. The molecule has 0 aliphatic heterocycles. The van der Waals surface area contributed by atoms with E-state index in [-0.39, 0.29) is 10.6 Å². The molecule has 0 saturated carbocycles. The van der Waals surface area contributed by atoms with E-state index in [1.807, 2.05) is 0 Å². The quantitative estimate of drug-likeness (QED) is 0.798. The number of hydrogen-bond donors (Lipinski definition) is 1. The third-order valence-electron chi connectivity index (χ3n) is 2.90. The highest BCUT2D eigenvalue weighted by Crippen LogP contribution is 2.21. The van der Waals surface area contributed by atoms with E-state index in [9.17, 15) is 9.18 Å². The van der Waals surface area contributed by atoms with Crippen molar-refractivity contribution in [3.05, 3.63) is 65.3 Å². The molecule has 0 atom stereocenters. The van der Waals surface area contributed by atoms with Gasteiger partial charge in [0.25, 0.3) is 5.91 Å². The molecular formula is C15H9ClFN3O2. The second-order valence-corrected chi connectivity index (χ2v) is 4.84. The van der Waals surface area contributed by atoms with Gasteiger partial charge in [-0.25, -0.2) is 4.39 Å². The fourth-order valence-electron chi connectivity index (χ4n) is 1.90. The third kappa shape index (κ3) is 2.96. The van der Waals surface area contributed by atoms with Gasteiger partial charge in [-0.3, -0.25) is 4.79 Å². The summed E-state index contributed by atoms with van der Waals surface area (Å²) in [5.74, 6) is -0.927. The maximum absolute atomic E-state index is 13.7. The molecule has 0 unspecified atom stereocenters. The maximum Gasteiger partial charge on any atom is 0.258 e. The molecule has 3 aromatic rings. The van der Waals surface area contributed by atoms with Crippen LogP contribution in [0.2, 0.25) is 5.02 Å². The van der Waals surface area contributed by atoms with E-state index in [0.29, 0.717) is 17.1 Å². The number of carbonyl (C=O) groups excluding carboxylic acids is 1. The van der Waals surface area contributed by atoms with E-state index >= 15 is 0 Å². The summed E-state index contributed by atoms with van der Waals surface area (Å²) in [7, 11) is 0. The van der Waals surface area contributed by atoms with Gasteiger partial charge >= 0.3 is 0 Å². The molecule has 110 valence electrons. The highest BCUT2D eigenvalue weighted by Gasteiger charge is 2.13. The standard InChI is InChI=1S/C15H9ClFN3O2/c16-10-4-5-12(13(17)7-10)14(21)19-11-3-1-2-9(6-11)15-20-18-8-22-15/h1-8H,(H,19,21). The third-order valence-corrected chi connectivity index (χ3v) is 3.14. The minimum Gasteiger partial charge on any atom is -0.423 e. The van der Waals surface area contributed by atoms with Crippen LogP contribution in [0.15, 0.2) is 53.3 Å². The van der Waals surface area contributed by atoms with E-state index in [4.69, 9.17) is 16.0 Å². The van der Waals surface area contributed by atoms with Gasteiger partial charge in [-0.2, -0.15) is 0 Å². The fourth-order valence-corrected chi connectivity index (χ4v) is 2.06. The molecule has 0 spiro atoms. The molecule has 1 aromatic heterocycles. The summed E-state index contributed by atoms with van der Waals surface area (Å²) in [5.41, 5.74) is 1.04. The van der Waals surface area contributed by atoms with Crippen LogP contribution in [0.1, 0.15) is 10.4 Å². The number of benzene rings is 2. The van der Waals surface area contributed by atoms with Gasteiger partial charge in [-0.15, -0.1) is 10.2 Å². The summed E-state index contributed by atoms with van der Waals surface area (Å²) >= 11 is 5.66. The monoisotopic (exact) mass is 317 g/mol. The summed E-state index contributed by atoms with van der Waals surface area (Å²) in [5, 5.41) is 10.2. The number of rotatable bonds is 3. The van der Waals surface area contributed by atoms with E-state index in [1.54, 1.807) is 24.3 Å². The summed E-state index contributed by atoms with van der Waals surface area (Å²) in [6, 6.07) is 10.7. The van der Waals surface area contributed by atoms with Crippen LogP contribution < -0.4 is 5.32 Å². The minimum atomic E-state index is -0.682. The van der Waals surface area contributed by atoms with Gasteiger partial charge in [-0.05, 0) is 36.4 Å². The Morgan fingerprint density at radius 1 is 1.23 bits per heavy atom. The molecule has 22 heavy (non-hydrogen) atoms. The Balaban J connectivity index is 1.84. The van der Waals surface area contributed by atoms with Crippen LogP contribution >= 0.6 is 11.6 Å². The fraction of sp³-hybridized carbons (Fsp3) is 0. The zero-order chi connectivity index (χ0) is 15.5. The first-order valence-corrected chi connectivity index (χ1v) is 6.64. The van der Waals surface area contributed by atoms with Crippen LogP contribution in [-0.4, -0.2) is 16.1 Å². The zero-order valence-electron chi connectivity index (χ0n) is 11.1. The molecule has 0 radical (unpaired) electrons. The molecule has 0 saturated heterocycles. The van der Waals surface area contributed by atoms with E-state index in [0.717, 1.165) is 6.07 Å². The highest BCUT2D eigenvalue weighted by molar-refractivity contribution is 6.30. The Labute approximate surface area is 129 Å². The van der Waals surface area contributed by atoms with Gasteiger partial charge in [0.1, 0.15) is 5.82 Å². The average Bonchev–Trinajstić information content (AvgIpc) is 3.01. The first-order chi connectivity index (χ1) is 10.6. The van der Waals surface area contributed by atoms with Crippen molar-refractivity contribution in [2.45, 2.75) is 0 Å². The second kappa shape index (κ2) is 5.95. The van der Waals surface area contributed by atoms with Crippen molar-refractivity contribution >= 4 is 23.2 Å². The molecule has 7 heteroatoms. The van der Waals surface area contributed by atoms with Crippen molar-refractivity contribution < 1.29 is 13.6 Å². The number of amides is 1. The van der Waals surface area contributed by atoms with Gasteiger partial charge in [0.15, 0.2) is 0 Å². The van der Waals surface area contributed by atoms with Crippen molar-refractivity contribution in [2.24, 2.45) is 0 Å². The molecule has 1 amide bonds. The Morgan fingerprint density at radius 3 is 2.82 bits per heavy atom. The minimum absolute atomic E-state index is 0.0902. The van der Waals surface area contributed by atoms with Crippen LogP contribution in [-0.2, 0) is 0 Å².